The van der Waals surface area contributed by atoms with E-state index in [1.165, 1.54) is 13.3 Å². The zero-order valence-corrected chi connectivity index (χ0v) is 19.4. The van der Waals surface area contributed by atoms with Crippen LogP contribution in [0.5, 0.6) is 0 Å². The Balaban J connectivity index is 1.33. The molecule has 35 heavy (non-hydrogen) atoms. The zero-order chi connectivity index (χ0) is 24.2. The molecular formula is C25H26N8O2. The van der Waals surface area contributed by atoms with Crippen LogP contribution >= 0.6 is 0 Å². The maximum absolute atomic E-state index is 11.7. The zero-order valence-electron chi connectivity index (χ0n) is 19.4. The number of likely N-dealkylation sites (tertiary alicyclic amines) is 1. The van der Waals surface area contributed by atoms with Crippen LogP contribution in [0.2, 0.25) is 0 Å². The first-order valence-electron chi connectivity index (χ1n) is 11.5. The predicted octanol–water partition coefficient (Wildman–Crippen LogP) is 3.07. The van der Waals surface area contributed by atoms with E-state index in [-0.39, 0.29) is 12.1 Å². The number of fused-ring (bicyclic) bond motifs is 2. The highest BCUT2D eigenvalue weighted by molar-refractivity contribution is 6.07. The minimum atomic E-state index is -0.292. The van der Waals surface area contributed by atoms with E-state index in [4.69, 9.17) is 15.2 Å². The minimum absolute atomic E-state index is 0.203. The van der Waals surface area contributed by atoms with E-state index < -0.39 is 0 Å². The third-order valence-electron chi connectivity index (χ3n) is 6.21. The second-order valence-corrected chi connectivity index (χ2v) is 8.45. The van der Waals surface area contributed by atoms with Crippen molar-refractivity contribution in [2.45, 2.75) is 25.3 Å². The van der Waals surface area contributed by atoms with Crippen molar-refractivity contribution in [1.29, 1.82) is 5.41 Å². The monoisotopic (exact) mass is 470 g/mol. The van der Waals surface area contributed by atoms with Gasteiger partial charge >= 0.3 is 6.09 Å². The fraction of sp³-hybridized carbons (Fsp3) is 0.280. The quantitative estimate of drug-likeness (QED) is 0.415. The molecule has 2 N–H and O–H groups in total. The molecule has 4 heterocycles. The molecule has 0 aliphatic carbocycles. The van der Waals surface area contributed by atoms with Crippen LogP contribution in [0, 0.1) is 5.41 Å². The first-order chi connectivity index (χ1) is 17.1. The fourth-order valence-corrected chi connectivity index (χ4v) is 4.27. The van der Waals surface area contributed by atoms with E-state index in [9.17, 15) is 4.79 Å². The van der Waals surface area contributed by atoms with E-state index in [0.717, 1.165) is 35.0 Å². The Kier molecular flexibility index (Phi) is 6.34. The molecule has 1 saturated heterocycles. The number of pyridine rings is 1. The maximum atomic E-state index is 11.7. The fourth-order valence-electron chi connectivity index (χ4n) is 4.27. The lowest BCUT2D eigenvalue weighted by atomic mass is 10.1. The lowest BCUT2D eigenvalue weighted by Gasteiger charge is -2.31. The lowest BCUT2D eigenvalue weighted by molar-refractivity contribution is 0.111. The van der Waals surface area contributed by atoms with Crippen LogP contribution in [-0.2, 0) is 11.2 Å². The van der Waals surface area contributed by atoms with Crippen molar-refractivity contribution in [2.24, 2.45) is 0 Å². The van der Waals surface area contributed by atoms with Gasteiger partial charge in [-0.15, -0.1) is 0 Å². The largest absolute Gasteiger partial charge is 0.453 e. The predicted molar refractivity (Wildman–Crippen MR) is 132 cm³/mol. The van der Waals surface area contributed by atoms with Gasteiger partial charge in [-0.2, -0.15) is 5.10 Å². The van der Waals surface area contributed by atoms with E-state index in [0.29, 0.717) is 36.6 Å². The van der Waals surface area contributed by atoms with Crippen molar-refractivity contribution in [1.82, 2.24) is 34.8 Å². The van der Waals surface area contributed by atoms with Crippen molar-refractivity contribution in [3.8, 4) is 0 Å². The molecule has 0 unspecified atom stereocenters. The summed E-state index contributed by atoms with van der Waals surface area (Å²) in [6.45, 7) is 1.26. The van der Waals surface area contributed by atoms with Gasteiger partial charge in [0.2, 0.25) is 0 Å². The van der Waals surface area contributed by atoms with Crippen LogP contribution in [0.1, 0.15) is 29.8 Å². The highest BCUT2D eigenvalue weighted by atomic mass is 16.5. The normalized spacial score (nSPS) is 14.9. The molecule has 0 atom stereocenters. The van der Waals surface area contributed by atoms with E-state index in [1.54, 1.807) is 34.2 Å². The van der Waals surface area contributed by atoms with Crippen LogP contribution in [0.15, 0.2) is 55.1 Å². The van der Waals surface area contributed by atoms with Crippen molar-refractivity contribution in [3.05, 3.63) is 72.1 Å². The number of allylic oxidation sites excluding steroid dienone is 1. The van der Waals surface area contributed by atoms with Gasteiger partial charge in [0.15, 0.2) is 0 Å². The Hall–Kier alpha value is -4.34. The highest BCUT2D eigenvalue weighted by Crippen LogP contribution is 2.18. The molecule has 3 aromatic heterocycles. The van der Waals surface area contributed by atoms with Gasteiger partial charge in [0.05, 0.1) is 30.7 Å². The summed E-state index contributed by atoms with van der Waals surface area (Å²) in [5.41, 5.74) is 4.19. The van der Waals surface area contributed by atoms with E-state index in [2.05, 4.69) is 32.4 Å². The Labute approximate surface area is 202 Å². The van der Waals surface area contributed by atoms with Crippen LogP contribution in [0.25, 0.3) is 22.3 Å². The van der Waals surface area contributed by atoms with Crippen LogP contribution in [0.3, 0.4) is 0 Å². The van der Waals surface area contributed by atoms with Gasteiger partial charge in [-0.05, 0) is 36.6 Å². The first kappa shape index (κ1) is 22.5. The number of carbonyl (C=O) groups is 1. The van der Waals surface area contributed by atoms with E-state index >= 15 is 0 Å². The van der Waals surface area contributed by atoms with Crippen molar-refractivity contribution >= 4 is 34.6 Å². The molecule has 1 aliphatic rings. The molecule has 0 saturated carbocycles. The summed E-state index contributed by atoms with van der Waals surface area (Å²) < 4.78 is 6.52. The van der Waals surface area contributed by atoms with E-state index in [1.807, 2.05) is 18.2 Å². The number of nitrogens with one attached hydrogen (secondary N) is 2. The number of hydrogen-bond acceptors (Lipinski definition) is 8. The highest BCUT2D eigenvalue weighted by Gasteiger charge is 2.22. The number of imidazole rings is 1. The summed E-state index contributed by atoms with van der Waals surface area (Å²) >= 11 is 0. The van der Waals surface area contributed by atoms with Gasteiger partial charge in [0.25, 0.3) is 5.78 Å². The number of aromatic nitrogens is 5. The number of benzene rings is 1. The van der Waals surface area contributed by atoms with Crippen molar-refractivity contribution < 1.29 is 9.53 Å². The number of ether oxygens (including phenoxy) is 1. The van der Waals surface area contributed by atoms with Gasteiger partial charge in [0.1, 0.15) is 5.69 Å². The number of rotatable bonds is 6. The molecule has 10 nitrogen and oxygen atoms in total. The second kappa shape index (κ2) is 9.88. The average molecular weight is 471 g/mol. The Bertz CT molecular complexity index is 1410. The first-order valence-corrected chi connectivity index (χ1v) is 11.5. The Morgan fingerprint density at radius 1 is 1.20 bits per heavy atom. The third-order valence-corrected chi connectivity index (χ3v) is 6.21. The van der Waals surface area contributed by atoms with Gasteiger partial charge < -0.3 is 20.4 Å². The minimum Gasteiger partial charge on any atom is -0.453 e. The Morgan fingerprint density at radius 2 is 2.03 bits per heavy atom. The number of nitrogens with zero attached hydrogens (tertiary/aromatic N) is 6. The summed E-state index contributed by atoms with van der Waals surface area (Å²) in [4.78, 5) is 26.6. The topological polar surface area (TPSA) is 121 Å². The Morgan fingerprint density at radius 3 is 2.83 bits per heavy atom. The molecule has 10 heteroatoms. The standard InChI is InChI=1S/C25H26N8O2/c1-35-25(34)32-9-6-20(7-10-32)28-14-19(13-26)23-16-30-24-29-15-21(33(24)31-23)12-17-4-5-22-18(11-17)3-2-8-27-22/h2-5,8,11,13-16,20,26,28H,6-7,9-10,12H2,1H3/b19-14+,26-13?. The summed E-state index contributed by atoms with van der Waals surface area (Å²) in [5, 5.41) is 17.1. The molecule has 0 bridgehead atoms. The van der Waals surface area contributed by atoms with Crippen LogP contribution < -0.4 is 5.32 Å². The van der Waals surface area contributed by atoms with Crippen molar-refractivity contribution in [3.63, 3.8) is 0 Å². The van der Waals surface area contributed by atoms with Gasteiger partial charge in [-0.1, -0.05) is 12.1 Å². The molecule has 1 aliphatic heterocycles. The van der Waals surface area contributed by atoms with Gasteiger partial charge in [0, 0.05) is 55.1 Å². The molecule has 0 spiro atoms. The number of piperidine rings is 1. The molecule has 178 valence electrons. The smallest absolute Gasteiger partial charge is 0.409 e. The molecule has 1 fully saturated rings. The van der Waals surface area contributed by atoms with Crippen molar-refractivity contribution in [2.75, 3.05) is 20.2 Å². The van der Waals surface area contributed by atoms with Gasteiger partial charge in [-0.3, -0.25) is 4.98 Å². The molecule has 1 aromatic carbocycles. The lowest BCUT2D eigenvalue weighted by Crippen LogP contribution is -2.43. The molecule has 4 aromatic rings. The number of carbonyl (C=O) groups excluding carboxylic acids is 1. The SMILES string of the molecule is COC(=O)N1CCC(N/C=C(\C=N)c2cnc3ncc(Cc4ccc5ncccc5c4)n3n2)CC1. The molecule has 1 amide bonds. The maximum Gasteiger partial charge on any atom is 0.409 e. The van der Waals surface area contributed by atoms with Gasteiger partial charge in [-0.25, -0.2) is 19.3 Å². The van der Waals surface area contributed by atoms with Crippen LogP contribution in [-0.4, -0.2) is 68.0 Å². The number of amides is 1. The third kappa shape index (κ3) is 4.81. The summed E-state index contributed by atoms with van der Waals surface area (Å²) in [7, 11) is 1.40. The molecule has 5 rings (SSSR count). The van der Waals surface area contributed by atoms with Crippen LogP contribution in [0.4, 0.5) is 4.79 Å². The second-order valence-electron chi connectivity index (χ2n) is 8.45. The summed E-state index contributed by atoms with van der Waals surface area (Å²) in [6, 6.07) is 10.4. The molecular weight excluding hydrogens is 444 g/mol. The average Bonchev–Trinajstić information content (AvgIpc) is 3.30. The number of methoxy groups -OCH3 is 1. The summed E-state index contributed by atoms with van der Waals surface area (Å²) in [5.74, 6) is 0.513. The molecule has 0 radical (unpaired) electrons. The summed E-state index contributed by atoms with van der Waals surface area (Å²) in [6.07, 6.45) is 10.2. The number of hydrogen-bond donors (Lipinski definition) is 2.